The summed E-state index contributed by atoms with van der Waals surface area (Å²) in [6.07, 6.45) is 0. The van der Waals surface area contributed by atoms with Gasteiger partial charge in [-0.2, -0.15) is 5.10 Å². The molecule has 3 nitrogen and oxygen atoms in total. The molecule has 0 aliphatic rings. The summed E-state index contributed by atoms with van der Waals surface area (Å²) in [6, 6.07) is 9.08. The van der Waals surface area contributed by atoms with Crippen LogP contribution in [0.2, 0.25) is 5.02 Å². The van der Waals surface area contributed by atoms with Gasteiger partial charge in [0.25, 0.3) is 0 Å². The topological polar surface area (TPSA) is 34.9 Å². The fourth-order valence-corrected chi connectivity index (χ4v) is 2.78. The molecule has 0 unspecified atom stereocenters. The number of aryl methyl sites for hydroxylation is 2. The van der Waals surface area contributed by atoms with Crippen molar-refractivity contribution in [3.05, 3.63) is 46.6 Å². The van der Waals surface area contributed by atoms with Crippen LogP contribution in [-0.4, -0.2) is 21.3 Å². The van der Waals surface area contributed by atoms with Crippen LogP contribution in [0.15, 0.2) is 35.4 Å². The molecule has 1 heterocycles. The number of carbonyl (C=O) groups is 1. The average molecular weight is 281 g/mol. The Morgan fingerprint density at radius 2 is 2.17 bits per heavy atom. The van der Waals surface area contributed by atoms with Crippen LogP contribution in [0.5, 0.6) is 0 Å². The number of hydrogen-bond donors (Lipinski definition) is 0. The van der Waals surface area contributed by atoms with E-state index in [2.05, 4.69) is 5.10 Å². The third-order valence-corrected chi connectivity index (χ3v) is 3.90. The van der Waals surface area contributed by atoms with Crippen molar-refractivity contribution in [1.29, 1.82) is 0 Å². The van der Waals surface area contributed by atoms with Crippen molar-refractivity contribution in [2.45, 2.75) is 11.9 Å². The summed E-state index contributed by atoms with van der Waals surface area (Å²) in [5.74, 6) is 0.396. The predicted octanol–water partition coefficient (Wildman–Crippen LogP) is 3.36. The Morgan fingerprint density at radius 1 is 1.44 bits per heavy atom. The number of thioether (sulfide) groups is 1. The average Bonchev–Trinajstić information content (AvgIpc) is 2.65. The maximum atomic E-state index is 12.0. The molecular weight excluding hydrogens is 268 g/mol. The minimum Gasteiger partial charge on any atom is -0.293 e. The van der Waals surface area contributed by atoms with E-state index in [4.69, 9.17) is 11.6 Å². The first-order valence-corrected chi connectivity index (χ1v) is 6.85. The van der Waals surface area contributed by atoms with Crippen molar-refractivity contribution in [3.63, 3.8) is 0 Å². The lowest BCUT2D eigenvalue weighted by molar-refractivity contribution is 0.102. The van der Waals surface area contributed by atoms with Crippen LogP contribution in [0.3, 0.4) is 0 Å². The van der Waals surface area contributed by atoms with E-state index < -0.39 is 0 Å². The monoisotopic (exact) mass is 280 g/mol. The van der Waals surface area contributed by atoms with E-state index in [0.717, 1.165) is 10.7 Å². The van der Waals surface area contributed by atoms with Crippen molar-refractivity contribution in [3.8, 4) is 0 Å². The summed E-state index contributed by atoms with van der Waals surface area (Å²) < 4.78 is 1.78. The Labute approximate surface area is 115 Å². The van der Waals surface area contributed by atoms with Gasteiger partial charge < -0.3 is 0 Å². The number of halogens is 1. The Morgan fingerprint density at radius 3 is 2.78 bits per heavy atom. The molecule has 0 bridgehead atoms. The number of rotatable bonds is 4. The fourth-order valence-electron chi connectivity index (χ4n) is 1.63. The first-order valence-electron chi connectivity index (χ1n) is 5.49. The third kappa shape index (κ3) is 2.94. The molecule has 0 spiro atoms. The lowest BCUT2D eigenvalue weighted by Gasteiger charge is -2.03. The maximum Gasteiger partial charge on any atom is 0.174 e. The SMILES string of the molecule is Cc1cc(SCC(=O)c2ccccc2Cl)n(C)n1. The quantitative estimate of drug-likeness (QED) is 0.636. The Kier molecular flexibility index (Phi) is 4.09. The first-order chi connectivity index (χ1) is 8.58. The molecule has 18 heavy (non-hydrogen) atoms. The van der Waals surface area contributed by atoms with Crippen LogP contribution in [0.4, 0.5) is 0 Å². The second kappa shape index (κ2) is 5.59. The highest BCUT2D eigenvalue weighted by Gasteiger charge is 2.11. The minimum atomic E-state index is 0.0319. The van der Waals surface area contributed by atoms with Crippen LogP contribution in [-0.2, 0) is 7.05 Å². The molecule has 0 N–H and O–H groups in total. The molecule has 1 aromatic heterocycles. The highest BCUT2D eigenvalue weighted by molar-refractivity contribution is 7.99. The van der Waals surface area contributed by atoms with Gasteiger partial charge in [0.1, 0.15) is 0 Å². The van der Waals surface area contributed by atoms with Crippen LogP contribution >= 0.6 is 23.4 Å². The Hall–Kier alpha value is -1.26. The van der Waals surface area contributed by atoms with Gasteiger partial charge in [-0.3, -0.25) is 9.48 Å². The molecular formula is C13H13ClN2OS. The van der Waals surface area contributed by atoms with Gasteiger partial charge in [-0.1, -0.05) is 35.5 Å². The van der Waals surface area contributed by atoms with Gasteiger partial charge in [-0.05, 0) is 25.1 Å². The molecule has 94 valence electrons. The van der Waals surface area contributed by atoms with Gasteiger partial charge in [0.05, 0.1) is 21.5 Å². The number of aromatic nitrogens is 2. The number of benzene rings is 1. The van der Waals surface area contributed by atoms with E-state index in [9.17, 15) is 4.79 Å². The zero-order valence-corrected chi connectivity index (χ0v) is 11.8. The molecule has 0 amide bonds. The second-order valence-corrected chi connectivity index (χ2v) is 5.34. The van der Waals surface area contributed by atoms with Crippen LogP contribution in [0.25, 0.3) is 0 Å². The number of carbonyl (C=O) groups excluding carboxylic acids is 1. The zero-order valence-electron chi connectivity index (χ0n) is 10.2. The Bertz CT molecular complexity index is 580. The van der Waals surface area contributed by atoms with E-state index in [1.807, 2.05) is 32.2 Å². The summed E-state index contributed by atoms with van der Waals surface area (Å²) in [5.41, 5.74) is 1.52. The molecule has 0 saturated carbocycles. The molecule has 2 aromatic rings. The Balaban J connectivity index is 2.05. The smallest absolute Gasteiger partial charge is 0.174 e. The van der Waals surface area contributed by atoms with Gasteiger partial charge >= 0.3 is 0 Å². The molecule has 0 radical (unpaired) electrons. The number of Topliss-reactive ketones (excluding diaryl/α,β-unsaturated/α-hetero) is 1. The maximum absolute atomic E-state index is 12.0. The molecule has 0 aliphatic carbocycles. The largest absolute Gasteiger partial charge is 0.293 e. The van der Waals surface area contributed by atoms with Crippen LogP contribution < -0.4 is 0 Å². The highest BCUT2D eigenvalue weighted by Crippen LogP contribution is 2.22. The number of hydrogen-bond acceptors (Lipinski definition) is 3. The molecule has 0 atom stereocenters. The van der Waals surface area contributed by atoms with Crippen molar-refractivity contribution < 1.29 is 4.79 Å². The first kappa shape index (κ1) is 13.2. The van der Waals surface area contributed by atoms with Crippen molar-refractivity contribution in [2.75, 3.05) is 5.75 Å². The minimum absolute atomic E-state index is 0.0319. The molecule has 2 rings (SSSR count). The van der Waals surface area contributed by atoms with Gasteiger partial charge in [0.15, 0.2) is 5.78 Å². The zero-order chi connectivity index (χ0) is 13.1. The lowest BCUT2D eigenvalue weighted by atomic mass is 10.1. The normalized spacial score (nSPS) is 10.6. The van der Waals surface area contributed by atoms with E-state index >= 15 is 0 Å². The summed E-state index contributed by atoms with van der Waals surface area (Å²) in [4.78, 5) is 12.0. The molecule has 0 saturated heterocycles. The molecule has 0 fully saturated rings. The predicted molar refractivity (Wildman–Crippen MR) is 74.5 cm³/mol. The summed E-state index contributed by atoms with van der Waals surface area (Å²) in [6.45, 7) is 1.93. The number of nitrogens with zero attached hydrogens (tertiary/aromatic N) is 2. The van der Waals surface area contributed by atoms with Crippen molar-refractivity contribution in [2.24, 2.45) is 7.05 Å². The van der Waals surface area contributed by atoms with E-state index in [0.29, 0.717) is 16.3 Å². The lowest BCUT2D eigenvalue weighted by Crippen LogP contribution is -2.04. The third-order valence-electron chi connectivity index (χ3n) is 2.48. The summed E-state index contributed by atoms with van der Waals surface area (Å²) in [7, 11) is 1.87. The van der Waals surface area contributed by atoms with Gasteiger partial charge in [-0.15, -0.1) is 0 Å². The van der Waals surface area contributed by atoms with Crippen molar-refractivity contribution in [1.82, 2.24) is 9.78 Å². The highest BCUT2D eigenvalue weighted by atomic mass is 35.5. The van der Waals surface area contributed by atoms with Gasteiger partial charge in [-0.25, -0.2) is 0 Å². The molecule has 5 heteroatoms. The van der Waals surface area contributed by atoms with Crippen LogP contribution in [0.1, 0.15) is 16.1 Å². The molecule has 1 aromatic carbocycles. The van der Waals surface area contributed by atoms with Gasteiger partial charge in [0, 0.05) is 12.6 Å². The van der Waals surface area contributed by atoms with Crippen LogP contribution in [0, 0.1) is 6.92 Å². The fraction of sp³-hybridized carbons (Fsp3) is 0.231. The van der Waals surface area contributed by atoms with Crippen molar-refractivity contribution >= 4 is 29.1 Å². The summed E-state index contributed by atoms with van der Waals surface area (Å²) in [5, 5.41) is 5.72. The summed E-state index contributed by atoms with van der Waals surface area (Å²) >= 11 is 7.46. The second-order valence-electron chi connectivity index (χ2n) is 3.94. The van der Waals surface area contributed by atoms with E-state index in [-0.39, 0.29) is 5.78 Å². The van der Waals surface area contributed by atoms with Gasteiger partial charge in [0.2, 0.25) is 0 Å². The molecule has 0 aliphatic heterocycles. The number of ketones is 1. The standard InChI is InChI=1S/C13H13ClN2OS/c1-9-7-13(16(2)15-9)18-8-12(17)10-5-3-4-6-11(10)14/h3-7H,8H2,1-2H3. The van der Waals surface area contributed by atoms with E-state index in [1.165, 1.54) is 11.8 Å². The van der Waals surface area contributed by atoms with E-state index in [1.54, 1.807) is 16.8 Å².